The fraction of sp³-hybridized carbons (Fsp3) is 0.0588. The van der Waals surface area contributed by atoms with Gasteiger partial charge >= 0.3 is 0 Å². The molecule has 0 saturated heterocycles. The van der Waals surface area contributed by atoms with Gasteiger partial charge in [-0.05, 0) is 35.9 Å². The van der Waals surface area contributed by atoms with Crippen molar-refractivity contribution in [3.63, 3.8) is 0 Å². The Hall–Kier alpha value is -3.26. The van der Waals surface area contributed by atoms with Gasteiger partial charge < -0.3 is 5.32 Å². The van der Waals surface area contributed by atoms with Gasteiger partial charge in [0.15, 0.2) is 5.69 Å². The molecule has 0 aliphatic carbocycles. The van der Waals surface area contributed by atoms with E-state index >= 15 is 0 Å². The van der Waals surface area contributed by atoms with Crippen LogP contribution in [-0.4, -0.2) is 15.2 Å². The summed E-state index contributed by atoms with van der Waals surface area (Å²) in [5.74, 6) is 0.641. The van der Waals surface area contributed by atoms with Crippen molar-refractivity contribution in [2.75, 3.05) is 5.32 Å². The number of nitrogens with one attached hydrogen (secondary N) is 1. The smallest absolute Gasteiger partial charge is 0.163 e. The number of aromatic nitrogens is 3. The number of hydrogen-bond acceptors (Lipinski definition) is 5. The van der Waals surface area contributed by atoms with Gasteiger partial charge in [0.1, 0.15) is 11.9 Å². The summed E-state index contributed by atoms with van der Waals surface area (Å²) in [5.41, 5.74) is 3.45. The fourth-order valence-corrected chi connectivity index (χ4v) is 2.05. The molecule has 0 unspecified atom stereocenters. The third-order valence-corrected chi connectivity index (χ3v) is 3.14. The first-order valence-corrected chi connectivity index (χ1v) is 6.83. The van der Waals surface area contributed by atoms with E-state index in [1.807, 2.05) is 42.5 Å². The molecule has 1 N–H and O–H groups in total. The topological polar surface area (TPSA) is 74.5 Å². The zero-order valence-corrected chi connectivity index (χ0v) is 11.8. The minimum Gasteiger partial charge on any atom is -0.365 e. The van der Waals surface area contributed by atoms with Crippen molar-refractivity contribution < 1.29 is 0 Å². The summed E-state index contributed by atoms with van der Waals surface area (Å²) in [7, 11) is 0. The van der Waals surface area contributed by atoms with Gasteiger partial charge in [0.25, 0.3) is 0 Å². The van der Waals surface area contributed by atoms with E-state index in [1.165, 1.54) is 0 Å². The monoisotopic (exact) mass is 287 g/mol. The molecule has 5 heteroatoms. The Morgan fingerprint density at radius 2 is 1.95 bits per heavy atom. The van der Waals surface area contributed by atoms with Gasteiger partial charge in [0, 0.05) is 18.3 Å². The lowest BCUT2D eigenvalue weighted by atomic mass is 10.1. The van der Waals surface area contributed by atoms with Crippen molar-refractivity contribution in [3.8, 4) is 17.3 Å². The van der Waals surface area contributed by atoms with E-state index in [9.17, 15) is 0 Å². The van der Waals surface area contributed by atoms with E-state index in [2.05, 4.69) is 26.6 Å². The second kappa shape index (κ2) is 6.46. The van der Waals surface area contributed by atoms with Crippen LogP contribution in [0.15, 0.2) is 60.8 Å². The van der Waals surface area contributed by atoms with E-state index in [-0.39, 0.29) is 0 Å². The zero-order valence-electron chi connectivity index (χ0n) is 11.8. The van der Waals surface area contributed by atoms with Crippen LogP contribution in [0.5, 0.6) is 0 Å². The molecule has 0 spiro atoms. The first-order valence-electron chi connectivity index (χ1n) is 6.83. The predicted octanol–water partition coefficient (Wildman–Crippen LogP) is 3.02. The Balaban J connectivity index is 1.72. The van der Waals surface area contributed by atoms with Gasteiger partial charge in [-0.15, -0.1) is 10.2 Å². The maximum absolute atomic E-state index is 8.70. The molecule has 0 aliphatic heterocycles. The molecule has 0 saturated carbocycles. The average Bonchev–Trinajstić information content (AvgIpc) is 2.61. The van der Waals surface area contributed by atoms with Crippen molar-refractivity contribution in [2.24, 2.45) is 0 Å². The van der Waals surface area contributed by atoms with Gasteiger partial charge in [0.05, 0.1) is 5.69 Å². The summed E-state index contributed by atoms with van der Waals surface area (Å²) in [6.45, 7) is 0.626. The van der Waals surface area contributed by atoms with Gasteiger partial charge in [-0.3, -0.25) is 4.98 Å². The van der Waals surface area contributed by atoms with Gasteiger partial charge in [-0.2, -0.15) is 5.26 Å². The molecule has 0 amide bonds. The lowest BCUT2D eigenvalue weighted by molar-refractivity contribution is 0.985. The molecule has 2 heterocycles. The highest BCUT2D eigenvalue weighted by atomic mass is 15.2. The van der Waals surface area contributed by atoms with Crippen molar-refractivity contribution >= 4 is 5.82 Å². The highest BCUT2D eigenvalue weighted by Gasteiger charge is 2.01. The van der Waals surface area contributed by atoms with Crippen LogP contribution >= 0.6 is 0 Å². The summed E-state index contributed by atoms with van der Waals surface area (Å²) in [5, 5.41) is 19.6. The van der Waals surface area contributed by atoms with Crippen LogP contribution in [0, 0.1) is 11.3 Å². The Kier molecular flexibility index (Phi) is 4.03. The van der Waals surface area contributed by atoms with Crippen molar-refractivity contribution in [2.45, 2.75) is 6.54 Å². The second-order valence-corrected chi connectivity index (χ2v) is 4.68. The number of rotatable bonds is 4. The standard InChI is InChI=1S/C17H13N5/c18-11-15-7-8-17(22-21-15)20-12-13-4-3-5-14(10-13)16-6-1-2-9-19-16/h1-10H,12H2,(H,20,22). The number of nitrogens with zero attached hydrogens (tertiary/aromatic N) is 4. The number of pyridine rings is 1. The molecule has 0 bridgehead atoms. The molecule has 1 aromatic carbocycles. The van der Waals surface area contributed by atoms with E-state index in [0.29, 0.717) is 18.1 Å². The molecule has 0 fully saturated rings. The minimum absolute atomic E-state index is 0.308. The van der Waals surface area contributed by atoms with Gasteiger partial charge in [0.2, 0.25) is 0 Å². The second-order valence-electron chi connectivity index (χ2n) is 4.68. The molecule has 3 aromatic rings. The largest absolute Gasteiger partial charge is 0.365 e. The van der Waals surface area contributed by atoms with E-state index in [0.717, 1.165) is 16.8 Å². The fourth-order valence-electron chi connectivity index (χ4n) is 2.05. The molecule has 5 nitrogen and oxygen atoms in total. The van der Waals surface area contributed by atoms with Crippen LogP contribution in [0.4, 0.5) is 5.82 Å². The van der Waals surface area contributed by atoms with Gasteiger partial charge in [-0.25, -0.2) is 0 Å². The lowest BCUT2D eigenvalue weighted by Gasteiger charge is -2.07. The van der Waals surface area contributed by atoms with E-state index < -0.39 is 0 Å². The Labute approximate surface area is 128 Å². The van der Waals surface area contributed by atoms with Crippen molar-refractivity contribution in [1.29, 1.82) is 5.26 Å². The molecule has 22 heavy (non-hydrogen) atoms. The molecule has 0 atom stereocenters. The molecule has 0 aliphatic rings. The quantitative estimate of drug-likeness (QED) is 0.798. The number of benzene rings is 1. The maximum Gasteiger partial charge on any atom is 0.163 e. The van der Waals surface area contributed by atoms with Crippen molar-refractivity contribution in [1.82, 2.24) is 15.2 Å². The summed E-state index contributed by atoms with van der Waals surface area (Å²) >= 11 is 0. The minimum atomic E-state index is 0.308. The summed E-state index contributed by atoms with van der Waals surface area (Å²) in [6, 6.07) is 19.4. The molecule has 3 rings (SSSR count). The summed E-state index contributed by atoms with van der Waals surface area (Å²) in [4.78, 5) is 4.35. The molecular formula is C17H13N5. The first kappa shape index (κ1) is 13.7. The third kappa shape index (κ3) is 3.25. The molecule has 2 aromatic heterocycles. The summed E-state index contributed by atoms with van der Waals surface area (Å²) < 4.78 is 0. The normalized spacial score (nSPS) is 9.95. The van der Waals surface area contributed by atoms with Crippen molar-refractivity contribution in [3.05, 3.63) is 72.1 Å². The van der Waals surface area contributed by atoms with E-state index in [4.69, 9.17) is 5.26 Å². The van der Waals surface area contributed by atoms with Gasteiger partial charge in [-0.1, -0.05) is 24.3 Å². The Morgan fingerprint density at radius 1 is 1.00 bits per heavy atom. The Morgan fingerprint density at radius 3 is 2.68 bits per heavy atom. The van der Waals surface area contributed by atoms with Crippen LogP contribution in [0.2, 0.25) is 0 Å². The third-order valence-electron chi connectivity index (χ3n) is 3.14. The van der Waals surface area contributed by atoms with Crippen LogP contribution < -0.4 is 5.32 Å². The van der Waals surface area contributed by atoms with Crippen LogP contribution in [-0.2, 0) is 6.54 Å². The van der Waals surface area contributed by atoms with E-state index in [1.54, 1.807) is 18.3 Å². The number of nitriles is 1. The number of hydrogen-bond donors (Lipinski definition) is 1. The first-order chi connectivity index (χ1) is 10.8. The highest BCUT2D eigenvalue weighted by Crippen LogP contribution is 2.18. The average molecular weight is 287 g/mol. The number of anilines is 1. The zero-order chi connectivity index (χ0) is 15.2. The Bertz CT molecular complexity index is 791. The van der Waals surface area contributed by atoms with Crippen LogP contribution in [0.25, 0.3) is 11.3 Å². The van der Waals surface area contributed by atoms with Crippen LogP contribution in [0.1, 0.15) is 11.3 Å². The maximum atomic E-state index is 8.70. The molecular weight excluding hydrogens is 274 g/mol. The molecule has 0 radical (unpaired) electrons. The van der Waals surface area contributed by atoms with Crippen LogP contribution in [0.3, 0.4) is 0 Å². The highest BCUT2D eigenvalue weighted by molar-refractivity contribution is 5.59. The predicted molar refractivity (Wildman–Crippen MR) is 83.7 cm³/mol. The SMILES string of the molecule is N#Cc1ccc(NCc2cccc(-c3ccccn3)c2)nn1. The molecule has 106 valence electrons. The lowest BCUT2D eigenvalue weighted by Crippen LogP contribution is -2.02. The summed E-state index contributed by atoms with van der Waals surface area (Å²) in [6.07, 6.45) is 1.78.